The number of phenolic OH excluding ortho intramolecular Hbond substituents is 1. The molecule has 0 fully saturated rings. The van der Waals surface area contributed by atoms with Gasteiger partial charge in [0.05, 0.1) is 10.7 Å². The van der Waals surface area contributed by atoms with Crippen LogP contribution in [0.25, 0.3) is 34.2 Å². The molecule has 0 radical (unpaired) electrons. The number of aromatic nitrogens is 2. The Labute approximate surface area is 173 Å². The van der Waals surface area contributed by atoms with Gasteiger partial charge in [-0.05, 0) is 65.7 Å². The number of hydrogen-bond acceptors (Lipinski definition) is 2. The third-order valence-electron chi connectivity index (χ3n) is 4.63. The first-order chi connectivity index (χ1) is 13.5. The van der Waals surface area contributed by atoms with Gasteiger partial charge < -0.3 is 9.67 Å². The van der Waals surface area contributed by atoms with E-state index >= 15 is 0 Å². The largest absolute Gasteiger partial charge is 0.508 e. The number of nitrogens with zero attached hydrogens (tertiary/aromatic N) is 2. The summed E-state index contributed by atoms with van der Waals surface area (Å²) >= 11 is 12.3. The Bertz CT molecular complexity index is 1190. The van der Waals surface area contributed by atoms with E-state index in [1.165, 1.54) is 0 Å². The Morgan fingerprint density at radius 2 is 1.75 bits per heavy atom. The van der Waals surface area contributed by atoms with E-state index in [2.05, 4.69) is 17.6 Å². The molecule has 0 bridgehead atoms. The van der Waals surface area contributed by atoms with E-state index < -0.39 is 0 Å². The summed E-state index contributed by atoms with van der Waals surface area (Å²) in [5.41, 5.74) is 2.74. The fraction of sp³-hybridized carbons (Fsp3) is 0.0870. The van der Waals surface area contributed by atoms with Crippen molar-refractivity contribution in [2.45, 2.75) is 13.5 Å². The molecule has 28 heavy (non-hydrogen) atoms. The minimum atomic E-state index is 0.272. The van der Waals surface area contributed by atoms with Gasteiger partial charge in [-0.15, -0.1) is 0 Å². The summed E-state index contributed by atoms with van der Waals surface area (Å²) in [6.45, 7) is 2.88. The third-order valence-corrected chi connectivity index (χ3v) is 5.18. The molecular weight excluding hydrogens is 391 g/mol. The van der Waals surface area contributed by atoms with Crippen LogP contribution in [0.4, 0.5) is 0 Å². The first-order valence-corrected chi connectivity index (χ1v) is 9.72. The number of halogens is 2. The zero-order valence-corrected chi connectivity index (χ0v) is 16.7. The van der Waals surface area contributed by atoms with Gasteiger partial charge in [0.1, 0.15) is 11.6 Å². The predicted octanol–water partition coefficient (Wildman–Crippen LogP) is 6.91. The first-order valence-electron chi connectivity index (χ1n) is 8.97. The Morgan fingerprint density at radius 1 is 0.964 bits per heavy atom. The number of phenols is 1. The Kier molecular flexibility index (Phi) is 5.12. The molecule has 1 N–H and O–H groups in total. The molecule has 140 valence electrons. The van der Waals surface area contributed by atoms with Crippen molar-refractivity contribution in [3.8, 4) is 17.0 Å². The molecule has 0 atom stereocenters. The van der Waals surface area contributed by atoms with Crippen LogP contribution in [-0.4, -0.2) is 14.7 Å². The second-order valence-corrected chi connectivity index (χ2v) is 7.36. The van der Waals surface area contributed by atoms with E-state index in [4.69, 9.17) is 28.2 Å². The van der Waals surface area contributed by atoms with Crippen LogP contribution in [0.1, 0.15) is 18.3 Å². The highest BCUT2D eigenvalue weighted by Gasteiger charge is 2.10. The second-order valence-electron chi connectivity index (χ2n) is 6.52. The van der Waals surface area contributed by atoms with E-state index in [9.17, 15) is 5.11 Å². The van der Waals surface area contributed by atoms with E-state index in [1.54, 1.807) is 18.2 Å². The number of hydrogen-bond donors (Lipinski definition) is 1. The Balaban J connectivity index is 1.67. The number of rotatable bonds is 4. The van der Waals surface area contributed by atoms with Crippen molar-refractivity contribution in [2.24, 2.45) is 0 Å². The molecular formula is C23H18Cl2N2O. The highest BCUT2D eigenvalue weighted by molar-refractivity contribution is 6.36. The lowest BCUT2D eigenvalue weighted by Crippen LogP contribution is -1.94. The maximum atomic E-state index is 9.60. The van der Waals surface area contributed by atoms with Gasteiger partial charge in [0.15, 0.2) is 0 Å². The number of aromatic hydroxyl groups is 1. The van der Waals surface area contributed by atoms with Gasteiger partial charge in [0.25, 0.3) is 0 Å². The monoisotopic (exact) mass is 408 g/mol. The highest BCUT2D eigenvalue weighted by Crippen LogP contribution is 2.30. The molecule has 4 rings (SSSR count). The molecule has 5 heteroatoms. The van der Waals surface area contributed by atoms with Crippen LogP contribution in [0.2, 0.25) is 10.0 Å². The smallest absolute Gasteiger partial charge is 0.133 e. The van der Waals surface area contributed by atoms with Crippen LogP contribution >= 0.6 is 23.2 Å². The van der Waals surface area contributed by atoms with Crippen molar-refractivity contribution in [1.82, 2.24) is 9.55 Å². The van der Waals surface area contributed by atoms with Crippen LogP contribution < -0.4 is 0 Å². The first kappa shape index (κ1) is 18.6. The quantitative estimate of drug-likeness (QED) is 0.398. The lowest BCUT2D eigenvalue weighted by molar-refractivity contribution is 0.476. The minimum Gasteiger partial charge on any atom is -0.508 e. The zero-order chi connectivity index (χ0) is 19.7. The molecule has 0 amide bonds. The summed E-state index contributed by atoms with van der Waals surface area (Å²) in [5.74, 6) is 1.13. The minimum absolute atomic E-state index is 0.272. The van der Waals surface area contributed by atoms with Crippen LogP contribution in [0.5, 0.6) is 5.75 Å². The van der Waals surface area contributed by atoms with Gasteiger partial charge >= 0.3 is 0 Å². The summed E-state index contributed by atoms with van der Waals surface area (Å²) in [7, 11) is 0. The fourth-order valence-electron chi connectivity index (χ4n) is 3.17. The Morgan fingerprint density at radius 3 is 2.54 bits per heavy atom. The van der Waals surface area contributed by atoms with Crippen LogP contribution in [0.15, 0.2) is 60.8 Å². The maximum Gasteiger partial charge on any atom is 0.133 e. The molecule has 1 aromatic heterocycles. The molecule has 3 aromatic carbocycles. The fourth-order valence-corrected chi connectivity index (χ4v) is 3.67. The number of fused-ring (bicyclic) bond motifs is 1. The number of imidazole rings is 1. The van der Waals surface area contributed by atoms with Crippen molar-refractivity contribution < 1.29 is 5.11 Å². The molecule has 0 aliphatic carbocycles. The molecule has 1 heterocycles. The molecule has 3 nitrogen and oxygen atoms in total. The van der Waals surface area contributed by atoms with E-state index in [0.717, 1.165) is 40.0 Å². The van der Waals surface area contributed by atoms with Gasteiger partial charge in [0.2, 0.25) is 0 Å². The molecule has 4 aromatic rings. The van der Waals surface area contributed by atoms with Crippen LogP contribution in [0, 0.1) is 0 Å². The van der Waals surface area contributed by atoms with E-state index in [-0.39, 0.29) is 5.75 Å². The van der Waals surface area contributed by atoms with Crippen molar-refractivity contribution >= 4 is 46.1 Å². The summed E-state index contributed by atoms with van der Waals surface area (Å²) in [6.07, 6.45) is 6.03. The summed E-state index contributed by atoms with van der Waals surface area (Å²) in [4.78, 5) is 4.75. The van der Waals surface area contributed by atoms with Crippen molar-refractivity contribution in [3.05, 3.63) is 82.2 Å². The van der Waals surface area contributed by atoms with Crippen molar-refractivity contribution in [2.75, 3.05) is 0 Å². The third kappa shape index (κ3) is 3.77. The van der Waals surface area contributed by atoms with Gasteiger partial charge in [-0.3, -0.25) is 0 Å². The number of benzene rings is 3. The van der Waals surface area contributed by atoms with E-state index in [0.29, 0.717) is 10.0 Å². The number of aryl methyl sites for hydroxylation is 1. The second kappa shape index (κ2) is 7.70. The molecule has 0 saturated heterocycles. The van der Waals surface area contributed by atoms with Crippen molar-refractivity contribution in [1.29, 1.82) is 0 Å². The molecule has 0 unspecified atom stereocenters. The predicted molar refractivity (Wildman–Crippen MR) is 118 cm³/mol. The van der Waals surface area contributed by atoms with Gasteiger partial charge in [-0.25, -0.2) is 4.98 Å². The van der Waals surface area contributed by atoms with Crippen LogP contribution in [-0.2, 0) is 6.54 Å². The molecule has 0 aliphatic heterocycles. The molecule has 0 aliphatic rings. The maximum absolute atomic E-state index is 9.60. The SMILES string of the molecule is CCn1cc(-c2ccc(Cl)cc2Cl)nc1/C=C/c1ccc2cc(O)ccc2c1. The lowest BCUT2D eigenvalue weighted by Gasteiger charge is -2.01. The van der Waals surface area contributed by atoms with Gasteiger partial charge in [0, 0.05) is 23.3 Å². The van der Waals surface area contributed by atoms with E-state index in [1.807, 2.05) is 48.7 Å². The standard InChI is InChI=1S/C23H18Cl2N2O/c1-2-27-14-22(20-9-7-18(24)13-21(20)25)26-23(27)10-4-15-3-5-17-12-19(28)8-6-16(17)11-15/h3-14,28H,2H2,1H3/b10-4+. The molecule has 0 spiro atoms. The zero-order valence-electron chi connectivity index (χ0n) is 15.2. The van der Waals surface area contributed by atoms with Crippen LogP contribution in [0.3, 0.4) is 0 Å². The average molecular weight is 409 g/mol. The summed E-state index contributed by atoms with van der Waals surface area (Å²) in [5, 5.41) is 12.9. The Hall–Kier alpha value is -2.75. The highest BCUT2D eigenvalue weighted by atomic mass is 35.5. The average Bonchev–Trinajstić information content (AvgIpc) is 3.09. The van der Waals surface area contributed by atoms with Gasteiger partial charge in [-0.1, -0.05) is 47.5 Å². The summed E-state index contributed by atoms with van der Waals surface area (Å²) in [6, 6.07) is 16.9. The lowest BCUT2D eigenvalue weighted by atomic mass is 10.1. The topological polar surface area (TPSA) is 38.0 Å². The van der Waals surface area contributed by atoms with Crippen molar-refractivity contribution in [3.63, 3.8) is 0 Å². The summed E-state index contributed by atoms with van der Waals surface area (Å²) < 4.78 is 2.08. The van der Waals surface area contributed by atoms with Gasteiger partial charge in [-0.2, -0.15) is 0 Å². The molecule has 0 saturated carbocycles. The normalized spacial score (nSPS) is 11.5.